The fourth-order valence-electron chi connectivity index (χ4n) is 2.85. The molecule has 3 heterocycles. The van der Waals surface area contributed by atoms with Crippen LogP contribution in [0.5, 0.6) is 0 Å². The first-order valence-electron chi connectivity index (χ1n) is 7.46. The van der Waals surface area contributed by atoms with Crippen molar-refractivity contribution in [3.63, 3.8) is 0 Å². The number of nitrogens with zero attached hydrogens (tertiary/aromatic N) is 2. The first-order chi connectivity index (χ1) is 11.6. The van der Waals surface area contributed by atoms with Crippen molar-refractivity contribution >= 4 is 17.8 Å². The smallest absolute Gasteiger partial charge is 0.322 e. The number of aromatic amines is 1. The summed E-state index contributed by atoms with van der Waals surface area (Å²) in [6, 6.07) is 0.945. The van der Waals surface area contributed by atoms with E-state index < -0.39 is 23.4 Å². The van der Waals surface area contributed by atoms with Gasteiger partial charge in [-0.2, -0.15) is 5.10 Å². The van der Waals surface area contributed by atoms with Crippen LogP contribution >= 0.6 is 0 Å². The third-order valence-corrected chi connectivity index (χ3v) is 4.30. The highest BCUT2D eigenvalue weighted by atomic mass is 16.5. The van der Waals surface area contributed by atoms with E-state index in [0.717, 1.165) is 12.8 Å². The predicted molar refractivity (Wildman–Crippen MR) is 78.5 cm³/mol. The van der Waals surface area contributed by atoms with Crippen molar-refractivity contribution in [2.45, 2.75) is 18.4 Å². The Kier molecular flexibility index (Phi) is 3.12. The van der Waals surface area contributed by atoms with Gasteiger partial charge in [0.25, 0.3) is 11.8 Å². The van der Waals surface area contributed by atoms with E-state index in [1.165, 1.54) is 6.07 Å². The van der Waals surface area contributed by atoms with Gasteiger partial charge in [-0.25, -0.2) is 4.79 Å². The molecule has 124 valence electrons. The molecule has 0 bridgehead atoms. The van der Waals surface area contributed by atoms with Crippen LogP contribution in [0.25, 0.3) is 11.3 Å². The summed E-state index contributed by atoms with van der Waals surface area (Å²) in [5, 5.41) is 17.8. The van der Waals surface area contributed by atoms with E-state index in [-0.39, 0.29) is 18.2 Å². The Morgan fingerprint density at radius 2 is 2.25 bits per heavy atom. The lowest BCUT2D eigenvalue weighted by atomic mass is 9.93. The Balaban J connectivity index is 1.46. The molecular formula is C14H14N6O4. The van der Waals surface area contributed by atoms with Crippen molar-refractivity contribution in [2.75, 3.05) is 6.54 Å². The van der Waals surface area contributed by atoms with Crippen LogP contribution in [0.1, 0.15) is 23.4 Å². The Labute approximate surface area is 135 Å². The molecule has 1 unspecified atom stereocenters. The molecule has 1 atom stereocenters. The van der Waals surface area contributed by atoms with Gasteiger partial charge in [-0.1, -0.05) is 5.16 Å². The van der Waals surface area contributed by atoms with Crippen molar-refractivity contribution in [1.29, 1.82) is 0 Å². The molecule has 2 aromatic rings. The minimum Gasteiger partial charge on any atom is -0.350 e. The Morgan fingerprint density at radius 3 is 2.88 bits per heavy atom. The van der Waals surface area contributed by atoms with Crippen LogP contribution in [0.2, 0.25) is 0 Å². The van der Waals surface area contributed by atoms with Crippen LogP contribution in [-0.2, 0) is 4.79 Å². The SMILES string of the molecule is O=C1NC(=O)C(CNC(=O)c2cc(-c3cn[nH]c3)no2)(C2CC2)N1. The number of carbonyl (C=O) groups is 3. The molecule has 24 heavy (non-hydrogen) atoms. The van der Waals surface area contributed by atoms with Gasteiger partial charge in [0.15, 0.2) is 0 Å². The Bertz CT molecular complexity index is 809. The van der Waals surface area contributed by atoms with E-state index in [1.807, 2.05) is 0 Å². The molecule has 0 spiro atoms. The number of amides is 4. The monoisotopic (exact) mass is 330 g/mol. The number of imide groups is 1. The van der Waals surface area contributed by atoms with Gasteiger partial charge in [-0.15, -0.1) is 0 Å². The number of nitrogens with one attached hydrogen (secondary N) is 4. The summed E-state index contributed by atoms with van der Waals surface area (Å²) in [5.74, 6) is -0.875. The lowest BCUT2D eigenvalue weighted by Crippen LogP contribution is -2.57. The largest absolute Gasteiger partial charge is 0.350 e. The highest BCUT2D eigenvalue weighted by molar-refractivity contribution is 6.08. The molecule has 4 rings (SSSR count). The van der Waals surface area contributed by atoms with Crippen molar-refractivity contribution in [3.8, 4) is 11.3 Å². The number of hydrogen-bond acceptors (Lipinski definition) is 6. The van der Waals surface area contributed by atoms with Gasteiger partial charge < -0.3 is 15.2 Å². The number of rotatable bonds is 5. The van der Waals surface area contributed by atoms with Crippen molar-refractivity contribution < 1.29 is 18.9 Å². The molecule has 0 radical (unpaired) electrons. The van der Waals surface area contributed by atoms with E-state index in [9.17, 15) is 14.4 Å². The molecule has 1 saturated carbocycles. The maximum absolute atomic E-state index is 12.2. The molecule has 2 aliphatic rings. The first kappa shape index (κ1) is 14.4. The zero-order valence-electron chi connectivity index (χ0n) is 12.5. The summed E-state index contributed by atoms with van der Waals surface area (Å²) in [4.78, 5) is 35.8. The van der Waals surface area contributed by atoms with E-state index in [2.05, 4.69) is 31.3 Å². The van der Waals surface area contributed by atoms with Gasteiger partial charge in [0, 0.05) is 17.8 Å². The zero-order chi connectivity index (χ0) is 16.7. The van der Waals surface area contributed by atoms with Crippen molar-refractivity contribution in [2.24, 2.45) is 5.92 Å². The second-order valence-electron chi connectivity index (χ2n) is 5.90. The van der Waals surface area contributed by atoms with Crippen LogP contribution < -0.4 is 16.0 Å². The molecule has 1 aliphatic heterocycles. The Morgan fingerprint density at radius 1 is 1.42 bits per heavy atom. The second-order valence-corrected chi connectivity index (χ2v) is 5.90. The summed E-state index contributed by atoms with van der Waals surface area (Å²) >= 11 is 0. The quantitative estimate of drug-likeness (QED) is 0.558. The van der Waals surface area contributed by atoms with Gasteiger partial charge in [0.05, 0.1) is 12.7 Å². The average molecular weight is 330 g/mol. The minimum atomic E-state index is -1.08. The number of hydrogen-bond donors (Lipinski definition) is 4. The van der Waals surface area contributed by atoms with Crippen molar-refractivity contribution in [1.82, 2.24) is 31.3 Å². The fourth-order valence-corrected chi connectivity index (χ4v) is 2.85. The highest BCUT2D eigenvalue weighted by Crippen LogP contribution is 2.41. The molecular weight excluding hydrogens is 316 g/mol. The summed E-state index contributed by atoms with van der Waals surface area (Å²) in [6.07, 6.45) is 4.84. The number of urea groups is 1. The molecule has 2 aromatic heterocycles. The maximum atomic E-state index is 12.2. The van der Waals surface area contributed by atoms with Gasteiger partial charge >= 0.3 is 6.03 Å². The van der Waals surface area contributed by atoms with Gasteiger partial charge in [0.1, 0.15) is 11.2 Å². The molecule has 1 saturated heterocycles. The lowest BCUT2D eigenvalue weighted by molar-refractivity contribution is -0.124. The summed E-state index contributed by atoms with van der Waals surface area (Å²) in [7, 11) is 0. The maximum Gasteiger partial charge on any atom is 0.322 e. The van der Waals surface area contributed by atoms with E-state index in [0.29, 0.717) is 11.3 Å². The minimum absolute atomic E-state index is 0.00415. The molecule has 0 aromatic carbocycles. The van der Waals surface area contributed by atoms with Gasteiger partial charge in [-0.3, -0.25) is 20.0 Å². The topological polar surface area (TPSA) is 142 Å². The first-order valence-corrected chi connectivity index (χ1v) is 7.46. The molecule has 10 nitrogen and oxygen atoms in total. The molecule has 10 heteroatoms. The van der Waals surface area contributed by atoms with Crippen LogP contribution in [0.4, 0.5) is 4.79 Å². The normalized spacial score (nSPS) is 23.0. The molecule has 4 amide bonds. The molecule has 1 aliphatic carbocycles. The molecule has 4 N–H and O–H groups in total. The van der Waals surface area contributed by atoms with Crippen LogP contribution in [-0.4, -0.2) is 45.3 Å². The van der Waals surface area contributed by atoms with Gasteiger partial charge in [0.2, 0.25) is 5.76 Å². The average Bonchev–Trinajstić information content (AvgIpc) is 3.00. The second kappa shape index (κ2) is 5.18. The summed E-state index contributed by atoms with van der Waals surface area (Å²) in [6.45, 7) is -0.00415. The van der Waals surface area contributed by atoms with Gasteiger partial charge in [-0.05, 0) is 18.8 Å². The van der Waals surface area contributed by atoms with Crippen LogP contribution in [0.3, 0.4) is 0 Å². The fraction of sp³-hybridized carbons (Fsp3) is 0.357. The van der Waals surface area contributed by atoms with E-state index in [4.69, 9.17) is 4.52 Å². The summed E-state index contributed by atoms with van der Waals surface area (Å²) < 4.78 is 5.03. The molecule has 2 fully saturated rings. The zero-order valence-corrected chi connectivity index (χ0v) is 12.5. The Hall–Kier alpha value is -3.17. The highest BCUT2D eigenvalue weighted by Gasteiger charge is 2.56. The third kappa shape index (κ3) is 2.32. The number of H-pyrrole nitrogens is 1. The van der Waals surface area contributed by atoms with E-state index >= 15 is 0 Å². The van der Waals surface area contributed by atoms with Crippen molar-refractivity contribution in [3.05, 3.63) is 24.2 Å². The van der Waals surface area contributed by atoms with Crippen LogP contribution in [0, 0.1) is 5.92 Å². The summed E-state index contributed by atoms with van der Waals surface area (Å²) in [5.41, 5.74) is 0.0765. The predicted octanol–water partition coefficient (Wildman–Crippen LogP) is -0.217. The van der Waals surface area contributed by atoms with Crippen LogP contribution in [0.15, 0.2) is 23.0 Å². The third-order valence-electron chi connectivity index (χ3n) is 4.30. The lowest BCUT2D eigenvalue weighted by Gasteiger charge is -2.25. The standard InChI is InChI=1S/C14H14N6O4/c21-11(10-3-9(20-24-10)7-4-16-17-5-7)15-6-14(8-1-2-8)12(22)18-13(23)19-14/h3-5,8H,1-2,6H2,(H,15,21)(H,16,17)(H2,18,19,22,23). The number of carbonyl (C=O) groups excluding carboxylic acids is 3. The number of aromatic nitrogens is 3. The van der Waals surface area contributed by atoms with E-state index in [1.54, 1.807) is 12.4 Å².